The fraction of sp³-hybridized carbons (Fsp3) is 0. The molecular weight excluding hydrogens is 293 g/mol. The van der Waals surface area contributed by atoms with Crippen LogP contribution in [0.2, 0.25) is 10.0 Å². The summed E-state index contributed by atoms with van der Waals surface area (Å²) in [7, 11) is 0. The standard InChI is InChI=1S/C16H9Cl2NO/c17-13-6-5-11(8-14(13)18)16(20)12-7-10-3-1-2-4-15(10)19-9-12/h1-9H. The van der Waals surface area contributed by atoms with E-state index in [2.05, 4.69) is 4.98 Å². The van der Waals surface area contributed by atoms with Crippen molar-refractivity contribution in [2.24, 2.45) is 0 Å². The second-order valence-corrected chi connectivity index (χ2v) is 5.19. The predicted octanol–water partition coefficient (Wildman–Crippen LogP) is 4.77. The molecule has 0 unspecified atom stereocenters. The van der Waals surface area contributed by atoms with Crippen LogP contribution in [0.3, 0.4) is 0 Å². The van der Waals surface area contributed by atoms with Gasteiger partial charge in [-0.05, 0) is 30.3 Å². The number of halogens is 2. The third-order valence-electron chi connectivity index (χ3n) is 3.03. The van der Waals surface area contributed by atoms with Crippen molar-refractivity contribution in [3.8, 4) is 0 Å². The van der Waals surface area contributed by atoms with Crippen LogP contribution in [0.25, 0.3) is 10.9 Å². The van der Waals surface area contributed by atoms with Gasteiger partial charge in [-0.1, -0.05) is 41.4 Å². The van der Waals surface area contributed by atoms with Crippen molar-refractivity contribution in [3.05, 3.63) is 75.9 Å². The van der Waals surface area contributed by atoms with Crippen LogP contribution in [0, 0.1) is 0 Å². The molecule has 0 amide bonds. The SMILES string of the molecule is O=C(c1ccc(Cl)c(Cl)c1)c1cnc2ccccc2c1. The van der Waals surface area contributed by atoms with Crippen molar-refractivity contribution >= 4 is 39.9 Å². The van der Waals surface area contributed by atoms with Crippen LogP contribution in [-0.2, 0) is 0 Å². The largest absolute Gasteiger partial charge is 0.289 e. The molecule has 0 N–H and O–H groups in total. The number of carbonyl (C=O) groups is 1. The smallest absolute Gasteiger partial charge is 0.194 e. The molecular formula is C16H9Cl2NO. The normalized spacial score (nSPS) is 10.7. The summed E-state index contributed by atoms with van der Waals surface area (Å²) in [6.45, 7) is 0. The fourth-order valence-corrected chi connectivity index (χ4v) is 2.30. The lowest BCUT2D eigenvalue weighted by Crippen LogP contribution is -2.02. The van der Waals surface area contributed by atoms with E-state index in [0.717, 1.165) is 10.9 Å². The van der Waals surface area contributed by atoms with Gasteiger partial charge in [-0.15, -0.1) is 0 Å². The second kappa shape index (κ2) is 5.23. The van der Waals surface area contributed by atoms with Gasteiger partial charge in [0.05, 0.1) is 15.6 Å². The Morgan fingerprint density at radius 3 is 2.50 bits per heavy atom. The molecule has 0 fully saturated rings. The molecule has 3 rings (SSSR count). The van der Waals surface area contributed by atoms with E-state index in [0.29, 0.717) is 21.2 Å². The number of hydrogen-bond acceptors (Lipinski definition) is 2. The van der Waals surface area contributed by atoms with Crippen molar-refractivity contribution in [3.63, 3.8) is 0 Å². The molecule has 98 valence electrons. The highest BCUT2D eigenvalue weighted by molar-refractivity contribution is 6.42. The lowest BCUT2D eigenvalue weighted by atomic mass is 10.0. The number of benzene rings is 2. The van der Waals surface area contributed by atoms with E-state index in [9.17, 15) is 4.79 Å². The number of hydrogen-bond donors (Lipinski definition) is 0. The Labute approximate surface area is 126 Å². The van der Waals surface area contributed by atoms with Crippen molar-refractivity contribution in [2.75, 3.05) is 0 Å². The van der Waals surface area contributed by atoms with Crippen molar-refractivity contribution < 1.29 is 4.79 Å². The highest BCUT2D eigenvalue weighted by Gasteiger charge is 2.11. The molecule has 0 saturated carbocycles. The van der Waals surface area contributed by atoms with E-state index < -0.39 is 0 Å². The maximum Gasteiger partial charge on any atom is 0.194 e. The van der Waals surface area contributed by atoms with E-state index in [4.69, 9.17) is 23.2 Å². The Morgan fingerprint density at radius 1 is 0.900 bits per heavy atom. The number of aromatic nitrogens is 1. The third-order valence-corrected chi connectivity index (χ3v) is 3.77. The molecule has 4 heteroatoms. The average Bonchev–Trinajstić information content (AvgIpc) is 2.49. The molecule has 1 heterocycles. The van der Waals surface area contributed by atoms with E-state index in [-0.39, 0.29) is 5.78 Å². The van der Waals surface area contributed by atoms with Gasteiger partial charge in [-0.25, -0.2) is 0 Å². The topological polar surface area (TPSA) is 30.0 Å². The molecule has 0 radical (unpaired) electrons. The van der Waals surface area contributed by atoms with E-state index in [1.807, 2.05) is 30.3 Å². The number of fused-ring (bicyclic) bond motifs is 1. The van der Waals surface area contributed by atoms with Gasteiger partial charge in [0.2, 0.25) is 0 Å². The van der Waals surface area contributed by atoms with Crippen LogP contribution in [0.4, 0.5) is 0 Å². The number of pyridine rings is 1. The van der Waals surface area contributed by atoms with E-state index >= 15 is 0 Å². The number of ketones is 1. The number of para-hydroxylation sites is 1. The number of carbonyl (C=O) groups excluding carboxylic acids is 1. The van der Waals surface area contributed by atoms with E-state index in [1.54, 1.807) is 24.4 Å². The highest BCUT2D eigenvalue weighted by Crippen LogP contribution is 2.24. The molecule has 20 heavy (non-hydrogen) atoms. The lowest BCUT2D eigenvalue weighted by molar-refractivity contribution is 0.103. The van der Waals surface area contributed by atoms with Crippen LogP contribution >= 0.6 is 23.2 Å². The van der Waals surface area contributed by atoms with E-state index in [1.165, 1.54) is 0 Å². The van der Waals surface area contributed by atoms with Gasteiger partial charge in [0, 0.05) is 22.7 Å². The monoisotopic (exact) mass is 301 g/mol. The highest BCUT2D eigenvalue weighted by atomic mass is 35.5. The maximum absolute atomic E-state index is 12.4. The third kappa shape index (κ3) is 2.40. The van der Waals surface area contributed by atoms with Gasteiger partial charge in [0.1, 0.15) is 0 Å². The summed E-state index contributed by atoms with van der Waals surface area (Å²) in [5, 5.41) is 1.73. The summed E-state index contributed by atoms with van der Waals surface area (Å²) in [5.74, 6) is -0.123. The zero-order valence-electron chi connectivity index (χ0n) is 10.3. The van der Waals surface area contributed by atoms with Gasteiger partial charge >= 0.3 is 0 Å². The first-order chi connectivity index (χ1) is 9.65. The molecule has 2 nitrogen and oxygen atoms in total. The first-order valence-corrected chi connectivity index (χ1v) is 6.75. The summed E-state index contributed by atoms with van der Waals surface area (Å²) >= 11 is 11.8. The summed E-state index contributed by atoms with van der Waals surface area (Å²) in [6, 6.07) is 14.3. The zero-order chi connectivity index (χ0) is 14.1. The first-order valence-electron chi connectivity index (χ1n) is 6.00. The van der Waals surface area contributed by atoms with Gasteiger partial charge in [0.25, 0.3) is 0 Å². The molecule has 0 aliphatic rings. The average molecular weight is 302 g/mol. The van der Waals surface area contributed by atoms with Gasteiger partial charge < -0.3 is 0 Å². The Hall–Kier alpha value is -1.90. The van der Waals surface area contributed by atoms with Crippen LogP contribution in [-0.4, -0.2) is 10.8 Å². The van der Waals surface area contributed by atoms with Crippen molar-refractivity contribution in [1.82, 2.24) is 4.98 Å². The molecule has 0 spiro atoms. The van der Waals surface area contributed by atoms with Crippen LogP contribution in [0.15, 0.2) is 54.7 Å². The summed E-state index contributed by atoms with van der Waals surface area (Å²) < 4.78 is 0. The quantitative estimate of drug-likeness (QED) is 0.638. The minimum atomic E-state index is -0.123. The van der Waals surface area contributed by atoms with Crippen molar-refractivity contribution in [2.45, 2.75) is 0 Å². The summed E-state index contributed by atoms with van der Waals surface area (Å²) in [4.78, 5) is 16.7. The zero-order valence-corrected chi connectivity index (χ0v) is 11.8. The minimum Gasteiger partial charge on any atom is -0.289 e. The van der Waals surface area contributed by atoms with Crippen LogP contribution in [0.1, 0.15) is 15.9 Å². The summed E-state index contributed by atoms with van der Waals surface area (Å²) in [5.41, 5.74) is 1.89. The molecule has 0 bridgehead atoms. The molecule has 0 saturated heterocycles. The summed E-state index contributed by atoms with van der Waals surface area (Å²) in [6.07, 6.45) is 1.58. The molecule has 0 aliphatic heterocycles. The minimum absolute atomic E-state index is 0.123. The molecule has 0 aliphatic carbocycles. The molecule has 0 atom stereocenters. The second-order valence-electron chi connectivity index (χ2n) is 4.37. The van der Waals surface area contributed by atoms with Gasteiger partial charge in [-0.3, -0.25) is 9.78 Å². The fourth-order valence-electron chi connectivity index (χ4n) is 2.00. The van der Waals surface area contributed by atoms with Crippen LogP contribution < -0.4 is 0 Å². The van der Waals surface area contributed by atoms with Gasteiger partial charge in [-0.2, -0.15) is 0 Å². The Balaban J connectivity index is 2.05. The number of nitrogens with zero attached hydrogens (tertiary/aromatic N) is 1. The predicted molar refractivity (Wildman–Crippen MR) is 81.6 cm³/mol. The maximum atomic E-state index is 12.4. The van der Waals surface area contributed by atoms with Crippen LogP contribution in [0.5, 0.6) is 0 Å². The Kier molecular flexibility index (Phi) is 3.43. The Bertz CT molecular complexity index is 814. The number of rotatable bonds is 2. The molecule has 1 aromatic heterocycles. The van der Waals surface area contributed by atoms with Gasteiger partial charge in [0.15, 0.2) is 5.78 Å². The van der Waals surface area contributed by atoms with Crippen molar-refractivity contribution in [1.29, 1.82) is 0 Å². The molecule has 2 aromatic carbocycles. The first kappa shape index (κ1) is 13.1. The molecule has 3 aromatic rings. The lowest BCUT2D eigenvalue weighted by Gasteiger charge is -2.04. The Morgan fingerprint density at radius 2 is 1.70 bits per heavy atom.